The highest BCUT2D eigenvalue weighted by Crippen LogP contribution is 2.24. The Morgan fingerprint density at radius 1 is 1.57 bits per heavy atom. The number of nitrogen functional groups attached to an aromatic ring is 1. The normalized spacial score (nSPS) is 10.2. The smallest absolute Gasteiger partial charge is 0.125 e. The third-order valence-electron chi connectivity index (χ3n) is 1.86. The van der Waals surface area contributed by atoms with Crippen LogP contribution in [0.2, 0.25) is 0 Å². The van der Waals surface area contributed by atoms with Crippen LogP contribution in [0.15, 0.2) is 11.0 Å². The van der Waals surface area contributed by atoms with Gasteiger partial charge >= 0.3 is 0 Å². The molecule has 0 atom stereocenters. The number of amidine groups is 1. The third-order valence-corrected chi connectivity index (χ3v) is 2.78. The Hall–Kier alpha value is -1.03. The van der Waals surface area contributed by atoms with Crippen LogP contribution in [0.25, 0.3) is 0 Å². The maximum atomic E-state index is 7.49. The zero-order valence-electron chi connectivity index (χ0n) is 8.72. The Labute approximate surface area is 88.6 Å². The van der Waals surface area contributed by atoms with Crippen molar-refractivity contribution < 1.29 is 0 Å². The topological polar surface area (TPSA) is 62.8 Å². The SMILES string of the molecule is CCSc1cc(C)nc(C)c1C(=N)N. The molecule has 0 amide bonds. The molecule has 14 heavy (non-hydrogen) atoms. The first-order valence-corrected chi connectivity index (χ1v) is 5.50. The molecule has 0 bridgehead atoms. The summed E-state index contributed by atoms with van der Waals surface area (Å²) in [6.45, 7) is 5.93. The molecule has 76 valence electrons. The fourth-order valence-electron chi connectivity index (χ4n) is 1.39. The summed E-state index contributed by atoms with van der Waals surface area (Å²) in [5.74, 6) is 1.08. The number of hydrogen-bond donors (Lipinski definition) is 2. The van der Waals surface area contributed by atoms with Gasteiger partial charge in [-0.05, 0) is 25.7 Å². The Kier molecular flexibility index (Phi) is 3.52. The lowest BCUT2D eigenvalue weighted by Crippen LogP contribution is -2.15. The number of pyridine rings is 1. The van der Waals surface area contributed by atoms with Gasteiger partial charge in [0.1, 0.15) is 5.84 Å². The molecule has 3 nitrogen and oxygen atoms in total. The molecule has 0 spiro atoms. The van der Waals surface area contributed by atoms with E-state index in [0.29, 0.717) is 0 Å². The maximum absolute atomic E-state index is 7.49. The van der Waals surface area contributed by atoms with Gasteiger partial charge in [0.05, 0.1) is 5.56 Å². The molecule has 0 unspecified atom stereocenters. The number of aromatic nitrogens is 1. The zero-order chi connectivity index (χ0) is 10.7. The number of nitrogens with two attached hydrogens (primary N) is 1. The van der Waals surface area contributed by atoms with Gasteiger partial charge in [0.2, 0.25) is 0 Å². The standard InChI is InChI=1S/C10H15N3S/c1-4-14-8-5-6(2)13-7(3)9(8)10(11)12/h5H,4H2,1-3H3,(H3,11,12). The van der Waals surface area contributed by atoms with Gasteiger partial charge in [-0.15, -0.1) is 11.8 Å². The Bertz CT molecular complexity index is 361. The van der Waals surface area contributed by atoms with Gasteiger partial charge < -0.3 is 5.73 Å². The van der Waals surface area contributed by atoms with Crippen LogP contribution in [-0.4, -0.2) is 16.6 Å². The highest BCUT2D eigenvalue weighted by molar-refractivity contribution is 7.99. The molecule has 0 saturated carbocycles. The molecule has 0 aliphatic carbocycles. The van der Waals surface area contributed by atoms with E-state index in [4.69, 9.17) is 11.1 Å². The third kappa shape index (κ3) is 2.26. The second-order valence-corrected chi connectivity index (χ2v) is 4.37. The van der Waals surface area contributed by atoms with Crippen molar-refractivity contribution in [3.05, 3.63) is 23.0 Å². The predicted octanol–water partition coefficient (Wildman–Crippen LogP) is 2.09. The fourth-order valence-corrected chi connectivity index (χ4v) is 2.36. The van der Waals surface area contributed by atoms with Gasteiger partial charge in [-0.2, -0.15) is 0 Å². The predicted molar refractivity (Wildman–Crippen MR) is 61.1 cm³/mol. The van der Waals surface area contributed by atoms with E-state index in [0.717, 1.165) is 27.6 Å². The van der Waals surface area contributed by atoms with E-state index >= 15 is 0 Å². The summed E-state index contributed by atoms with van der Waals surface area (Å²) in [5.41, 5.74) is 8.12. The van der Waals surface area contributed by atoms with E-state index in [2.05, 4.69) is 11.9 Å². The van der Waals surface area contributed by atoms with Gasteiger partial charge in [0, 0.05) is 16.3 Å². The van der Waals surface area contributed by atoms with Crippen LogP contribution in [0.1, 0.15) is 23.9 Å². The second-order valence-electron chi connectivity index (χ2n) is 3.07. The van der Waals surface area contributed by atoms with Crippen LogP contribution in [-0.2, 0) is 0 Å². The Balaban J connectivity index is 3.28. The van der Waals surface area contributed by atoms with Crippen molar-refractivity contribution in [1.82, 2.24) is 4.98 Å². The summed E-state index contributed by atoms with van der Waals surface area (Å²) in [5, 5.41) is 7.49. The Morgan fingerprint density at radius 2 is 2.21 bits per heavy atom. The van der Waals surface area contributed by atoms with Crippen molar-refractivity contribution in [2.45, 2.75) is 25.7 Å². The number of rotatable bonds is 3. The number of aryl methyl sites for hydroxylation is 2. The minimum absolute atomic E-state index is 0.103. The van der Waals surface area contributed by atoms with Crippen molar-refractivity contribution in [3.8, 4) is 0 Å². The van der Waals surface area contributed by atoms with E-state index in [9.17, 15) is 0 Å². The fraction of sp³-hybridized carbons (Fsp3) is 0.400. The molecular weight excluding hydrogens is 194 g/mol. The molecule has 0 fully saturated rings. The van der Waals surface area contributed by atoms with Gasteiger partial charge in [-0.3, -0.25) is 10.4 Å². The van der Waals surface area contributed by atoms with Crippen molar-refractivity contribution in [1.29, 1.82) is 5.41 Å². The van der Waals surface area contributed by atoms with Gasteiger partial charge in [-0.25, -0.2) is 0 Å². The van der Waals surface area contributed by atoms with Crippen molar-refractivity contribution in [2.75, 3.05) is 5.75 Å². The summed E-state index contributed by atoms with van der Waals surface area (Å²) >= 11 is 1.70. The first kappa shape index (κ1) is 11.0. The Morgan fingerprint density at radius 3 is 2.71 bits per heavy atom. The molecule has 0 aromatic carbocycles. The van der Waals surface area contributed by atoms with Gasteiger partial charge in [-0.1, -0.05) is 6.92 Å². The number of nitrogens with one attached hydrogen (secondary N) is 1. The van der Waals surface area contributed by atoms with E-state index in [1.54, 1.807) is 11.8 Å². The van der Waals surface area contributed by atoms with Gasteiger partial charge in [0.25, 0.3) is 0 Å². The lowest BCUT2D eigenvalue weighted by Gasteiger charge is -2.10. The van der Waals surface area contributed by atoms with E-state index in [1.807, 2.05) is 19.9 Å². The molecule has 0 aliphatic heterocycles. The summed E-state index contributed by atoms with van der Waals surface area (Å²) in [4.78, 5) is 5.36. The van der Waals surface area contributed by atoms with Crippen molar-refractivity contribution in [2.24, 2.45) is 5.73 Å². The summed E-state index contributed by atoms with van der Waals surface area (Å²) in [6.07, 6.45) is 0. The average Bonchev–Trinajstić information content (AvgIpc) is 2.01. The second kappa shape index (κ2) is 4.46. The highest BCUT2D eigenvalue weighted by atomic mass is 32.2. The number of nitrogens with zero attached hydrogens (tertiary/aromatic N) is 1. The molecular formula is C10H15N3S. The highest BCUT2D eigenvalue weighted by Gasteiger charge is 2.10. The molecule has 1 aromatic heterocycles. The lowest BCUT2D eigenvalue weighted by molar-refractivity contribution is 1.07. The summed E-state index contributed by atoms with van der Waals surface area (Å²) in [7, 11) is 0. The quantitative estimate of drug-likeness (QED) is 0.455. The maximum Gasteiger partial charge on any atom is 0.125 e. The summed E-state index contributed by atoms with van der Waals surface area (Å²) in [6, 6.07) is 1.98. The van der Waals surface area contributed by atoms with Crippen LogP contribution >= 0.6 is 11.8 Å². The molecule has 3 N–H and O–H groups in total. The van der Waals surface area contributed by atoms with Crippen LogP contribution < -0.4 is 5.73 Å². The monoisotopic (exact) mass is 209 g/mol. The largest absolute Gasteiger partial charge is 0.384 e. The van der Waals surface area contributed by atoms with E-state index < -0.39 is 0 Å². The average molecular weight is 209 g/mol. The number of hydrogen-bond acceptors (Lipinski definition) is 3. The minimum atomic E-state index is 0.103. The molecule has 4 heteroatoms. The first-order chi connectivity index (χ1) is 6.56. The zero-order valence-corrected chi connectivity index (χ0v) is 9.53. The van der Waals surface area contributed by atoms with E-state index in [-0.39, 0.29) is 5.84 Å². The van der Waals surface area contributed by atoms with Crippen LogP contribution in [0.5, 0.6) is 0 Å². The molecule has 1 rings (SSSR count). The van der Waals surface area contributed by atoms with Crippen LogP contribution in [0.4, 0.5) is 0 Å². The molecule has 1 heterocycles. The van der Waals surface area contributed by atoms with Crippen LogP contribution in [0.3, 0.4) is 0 Å². The number of thioether (sulfide) groups is 1. The molecule has 0 saturated heterocycles. The molecule has 1 aromatic rings. The van der Waals surface area contributed by atoms with Crippen molar-refractivity contribution >= 4 is 17.6 Å². The summed E-state index contributed by atoms with van der Waals surface area (Å²) < 4.78 is 0. The van der Waals surface area contributed by atoms with Crippen LogP contribution in [0, 0.1) is 19.3 Å². The molecule has 0 aliphatic rings. The first-order valence-electron chi connectivity index (χ1n) is 4.51. The minimum Gasteiger partial charge on any atom is -0.384 e. The lowest BCUT2D eigenvalue weighted by atomic mass is 10.1. The van der Waals surface area contributed by atoms with E-state index in [1.165, 1.54) is 0 Å². The van der Waals surface area contributed by atoms with Crippen molar-refractivity contribution in [3.63, 3.8) is 0 Å². The van der Waals surface area contributed by atoms with Gasteiger partial charge in [0.15, 0.2) is 0 Å². The molecule has 0 radical (unpaired) electrons.